The highest BCUT2D eigenvalue weighted by molar-refractivity contribution is 5.84. The molecule has 2 atom stereocenters. The Labute approximate surface area is 116 Å². The molecule has 1 rings (SSSR count). The average Bonchev–Trinajstić information content (AvgIpc) is 2.34. The Morgan fingerprint density at radius 3 is 2.58 bits per heavy atom. The van der Waals surface area contributed by atoms with Crippen molar-refractivity contribution >= 4 is 11.6 Å². The Kier molecular flexibility index (Phi) is 5.87. The molecule has 0 spiro atoms. The van der Waals surface area contributed by atoms with Crippen LogP contribution in [0, 0.1) is 13.8 Å². The van der Waals surface area contributed by atoms with Gasteiger partial charge in [0.15, 0.2) is 0 Å². The summed E-state index contributed by atoms with van der Waals surface area (Å²) >= 11 is 0. The summed E-state index contributed by atoms with van der Waals surface area (Å²) < 4.78 is 0. The van der Waals surface area contributed by atoms with Crippen molar-refractivity contribution in [1.82, 2.24) is 5.32 Å². The fourth-order valence-corrected chi connectivity index (χ4v) is 2.06. The molecule has 0 fully saturated rings. The molecular formula is C16H26N2O. The molecule has 1 amide bonds. The fraction of sp³-hybridized carbons (Fsp3) is 0.562. The van der Waals surface area contributed by atoms with E-state index in [4.69, 9.17) is 0 Å². The number of carbonyl (C=O) groups is 1. The average molecular weight is 262 g/mol. The first kappa shape index (κ1) is 15.5. The third-order valence-corrected chi connectivity index (χ3v) is 3.27. The van der Waals surface area contributed by atoms with Crippen LogP contribution in [0.4, 0.5) is 5.69 Å². The number of amides is 1. The topological polar surface area (TPSA) is 41.1 Å². The van der Waals surface area contributed by atoms with Crippen molar-refractivity contribution in [2.75, 3.05) is 5.32 Å². The second-order valence-corrected chi connectivity index (χ2v) is 5.38. The van der Waals surface area contributed by atoms with E-state index in [2.05, 4.69) is 42.7 Å². The number of hydrogen-bond donors (Lipinski definition) is 2. The zero-order chi connectivity index (χ0) is 14.4. The summed E-state index contributed by atoms with van der Waals surface area (Å²) in [6.45, 7) is 10.2. The van der Waals surface area contributed by atoms with Crippen molar-refractivity contribution in [2.45, 2.75) is 59.5 Å². The number of rotatable bonds is 6. The third-order valence-electron chi connectivity index (χ3n) is 3.27. The van der Waals surface area contributed by atoms with Crippen molar-refractivity contribution in [3.05, 3.63) is 29.3 Å². The lowest BCUT2D eigenvalue weighted by Crippen LogP contribution is -2.42. The lowest BCUT2D eigenvalue weighted by Gasteiger charge is -2.20. The number of nitrogens with one attached hydrogen (secondary N) is 2. The number of carbonyl (C=O) groups excluding carboxylic acids is 1. The van der Waals surface area contributed by atoms with Gasteiger partial charge in [0.1, 0.15) is 6.04 Å². The maximum absolute atomic E-state index is 12.1. The summed E-state index contributed by atoms with van der Waals surface area (Å²) in [7, 11) is 0. The molecule has 0 radical (unpaired) electrons. The molecule has 1 aromatic carbocycles. The van der Waals surface area contributed by atoms with Gasteiger partial charge in [0, 0.05) is 11.7 Å². The summed E-state index contributed by atoms with van der Waals surface area (Å²) in [6.07, 6.45) is 2.10. The van der Waals surface area contributed by atoms with Crippen molar-refractivity contribution < 1.29 is 4.79 Å². The predicted octanol–water partition coefficient (Wildman–Crippen LogP) is 3.41. The number of anilines is 1. The lowest BCUT2D eigenvalue weighted by atomic mass is 10.1. The van der Waals surface area contributed by atoms with Crippen LogP contribution >= 0.6 is 0 Å². The molecule has 0 saturated heterocycles. The largest absolute Gasteiger partial charge is 0.374 e. The molecule has 0 heterocycles. The van der Waals surface area contributed by atoms with E-state index in [9.17, 15) is 4.79 Å². The number of hydrogen-bond acceptors (Lipinski definition) is 2. The van der Waals surface area contributed by atoms with Crippen LogP contribution in [-0.2, 0) is 4.79 Å². The van der Waals surface area contributed by atoms with Crippen molar-refractivity contribution in [3.63, 3.8) is 0 Å². The molecule has 2 unspecified atom stereocenters. The smallest absolute Gasteiger partial charge is 0.242 e. The van der Waals surface area contributed by atoms with Crippen LogP contribution in [0.15, 0.2) is 18.2 Å². The van der Waals surface area contributed by atoms with Crippen molar-refractivity contribution in [2.24, 2.45) is 0 Å². The predicted molar refractivity (Wildman–Crippen MR) is 81.5 cm³/mol. The molecule has 3 nitrogen and oxygen atoms in total. The molecular weight excluding hydrogens is 236 g/mol. The van der Waals surface area contributed by atoms with Gasteiger partial charge in [0.25, 0.3) is 0 Å². The first-order valence-corrected chi connectivity index (χ1v) is 7.08. The van der Waals surface area contributed by atoms with Crippen LogP contribution in [0.1, 0.15) is 44.7 Å². The first-order chi connectivity index (χ1) is 8.93. The summed E-state index contributed by atoms with van der Waals surface area (Å²) in [4.78, 5) is 12.1. The zero-order valence-electron chi connectivity index (χ0n) is 12.7. The van der Waals surface area contributed by atoms with Gasteiger partial charge in [-0.2, -0.15) is 0 Å². The Hall–Kier alpha value is -1.51. The molecule has 0 aliphatic heterocycles. The van der Waals surface area contributed by atoms with Gasteiger partial charge in [-0.15, -0.1) is 0 Å². The molecule has 0 aliphatic carbocycles. The molecule has 0 aromatic heterocycles. The highest BCUT2D eigenvalue weighted by Gasteiger charge is 2.15. The number of aryl methyl sites for hydroxylation is 2. The standard InChI is InChI=1S/C16H26N2O/c1-6-7-13(4)17-16(19)14(5)18-15-10-11(2)8-9-12(15)3/h8-10,13-14,18H,6-7H2,1-5H3,(H,17,19). The molecule has 2 N–H and O–H groups in total. The fourth-order valence-electron chi connectivity index (χ4n) is 2.06. The second kappa shape index (κ2) is 7.17. The minimum atomic E-state index is -0.222. The third kappa shape index (κ3) is 4.93. The highest BCUT2D eigenvalue weighted by Crippen LogP contribution is 2.17. The van der Waals surface area contributed by atoms with E-state index in [-0.39, 0.29) is 18.0 Å². The maximum atomic E-state index is 12.1. The Morgan fingerprint density at radius 2 is 1.95 bits per heavy atom. The van der Waals surface area contributed by atoms with Gasteiger partial charge in [0.05, 0.1) is 0 Å². The van der Waals surface area contributed by atoms with E-state index < -0.39 is 0 Å². The van der Waals surface area contributed by atoms with E-state index in [1.807, 2.05) is 20.8 Å². The summed E-state index contributed by atoms with van der Waals surface area (Å²) in [5, 5.41) is 6.32. The number of benzene rings is 1. The van der Waals surface area contributed by atoms with Gasteiger partial charge in [-0.25, -0.2) is 0 Å². The Bertz CT molecular complexity index is 429. The van der Waals surface area contributed by atoms with Gasteiger partial charge in [0.2, 0.25) is 5.91 Å². The maximum Gasteiger partial charge on any atom is 0.242 e. The molecule has 106 valence electrons. The zero-order valence-corrected chi connectivity index (χ0v) is 12.7. The van der Waals surface area contributed by atoms with Crippen molar-refractivity contribution in [1.29, 1.82) is 0 Å². The molecule has 1 aromatic rings. The highest BCUT2D eigenvalue weighted by atomic mass is 16.2. The van der Waals surface area contributed by atoms with Crippen LogP contribution in [0.3, 0.4) is 0 Å². The van der Waals surface area contributed by atoms with Crippen LogP contribution in [0.5, 0.6) is 0 Å². The van der Waals surface area contributed by atoms with Crippen LogP contribution in [0.25, 0.3) is 0 Å². The van der Waals surface area contributed by atoms with Crippen molar-refractivity contribution in [3.8, 4) is 0 Å². The van der Waals surface area contributed by atoms with Gasteiger partial charge < -0.3 is 10.6 Å². The van der Waals surface area contributed by atoms with E-state index in [1.54, 1.807) is 0 Å². The monoisotopic (exact) mass is 262 g/mol. The Morgan fingerprint density at radius 1 is 1.26 bits per heavy atom. The summed E-state index contributed by atoms with van der Waals surface area (Å²) in [6, 6.07) is 6.24. The molecule has 0 bridgehead atoms. The first-order valence-electron chi connectivity index (χ1n) is 7.08. The van der Waals surface area contributed by atoms with Gasteiger partial charge in [-0.3, -0.25) is 4.79 Å². The van der Waals surface area contributed by atoms with E-state index in [0.717, 1.165) is 24.1 Å². The van der Waals surface area contributed by atoms with E-state index in [1.165, 1.54) is 5.56 Å². The lowest BCUT2D eigenvalue weighted by molar-refractivity contribution is -0.122. The molecule has 19 heavy (non-hydrogen) atoms. The minimum absolute atomic E-state index is 0.0573. The van der Waals surface area contributed by atoms with E-state index >= 15 is 0 Å². The summed E-state index contributed by atoms with van der Waals surface area (Å²) in [5.41, 5.74) is 3.39. The van der Waals surface area contributed by atoms with Crippen LogP contribution < -0.4 is 10.6 Å². The van der Waals surface area contributed by atoms with Crippen LogP contribution in [0.2, 0.25) is 0 Å². The van der Waals surface area contributed by atoms with Gasteiger partial charge in [-0.1, -0.05) is 25.5 Å². The molecule has 0 aliphatic rings. The minimum Gasteiger partial charge on any atom is -0.374 e. The summed E-state index contributed by atoms with van der Waals surface area (Å²) in [5.74, 6) is 0.0573. The normalized spacial score (nSPS) is 13.7. The second-order valence-electron chi connectivity index (χ2n) is 5.38. The molecule has 3 heteroatoms. The molecule has 0 saturated carbocycles. The Balaban J connectivity index is 2.61. The van der Waals surface area contributed by atoms with Gasteiger partial charge in [-0.05, 0) is 51.3 Å². The van der Waals surface area contributed by atoms with E-state index in [0.29, 0.717) is 0 Å². The van der Waals surface area contributed by atoms with Gasteiger partial charge >= 0.3 is 0 Å². The van der Waals surface area contributed by atoms with Crippen LogP contribution in [-0.4, -0.2) is 18.0 Å². The SMILES string of the molecule is CCCC(C)NC(=O)C(C)Nc1cc(C)ccc1C. The quantitative estimate of drug-likeness (QED) is 0.825.